The SMILES string of the molecule is CNC(COc1ccc([N+](=O)[O-])cc1F)(C(N)=O)C1CC1. The topological polar surface area (TPSA) is 107 Å². The number of hydrogen-bond donors (Lipinski definition) is 2. The molecule has 0 spiro atoms. The van der Waals surface area contributed by atoms with Gasteiger partial charge in [0.25, 0.3) is 5.69 Å². The quantitative estimate of drug-likeness (QED) is 0.576. The van der Waals surface area contributed by atoms with Gasteiger partial charge in [0.2, 0.25) is 5.91 Å². The fourth-order valence-corrected chi connectivity index (χ4v) is 2.28. The molecule has 0 radical (unpaired) electrons. The third-order valence-corrected chi connectivity index (χ3v) is 3.74. The molecule has 0 aliphatic heterocycles. The molecule has 1 aliphatic rings. The third-order valence-electron chi connectivity index (χ3n) is 3.74. The van der Waals surface area contributed by atoms with Gasteiger partial charge in [-0.15, -0.1) is 0 Å². The van der Waals surface area contributed by atoms with E-state index < -0.39 is 22.2 Å². The van der Waals surface area contributed by atoms with Crippen LogP contribution in [0.5, 0.6) is 5.75 Å². The number of nitrogens with one attached hydrogen (secondary N) is 1. The number of amides is 1. The lowest BCUT2D eigenvalue weighted by Crippen LogP contribution is -2.59. The van der Waals surface area contributed by atoms with Gasteiger partial charge < -0.3 is 15.8 Å². The molecule has 8 heteroatoms. The first kappa shape index (κ1) is 15.2. The zero-order valence-corrected chi connectivity index (χ0v) is 11.5. The standard InChI is InChI=1S/C13H16FN3O4/c1-16-13(12(15)18,8-2-3-8)7-21-11-5-4-9(17(19)20)6-10(11)14/h4-6,8,16H,2-3,7H2,1H3,(H2,15,18). The maximum atomic E-state index is 13.7. The van der Waals surface area contributed by atoms with Crippen molar-refractivity contribution in [2.24, 2.45) is 11.7 Å². The Morgan fingerprint density at radius 1 is 1.62 bits per heavy atom. The normalized spacial score (nSPS) is 17.0. The molecule has 21 heavy (non-hydrogen) atoms. The van der Waals surface area contributed by atoms with Gasteiger partial charge in [-0.25, -0.2) is 4.39 Å². The zero-order chi connectivity index (χ0) is 15.6. The number of non-ortho nitro benzene ring substituents is 1. The molecule has 114 valence electrons. The Kier molecular flexibility index (Phi) is 4.08. The predicted octanol–water partition coefficient (Wildman–Crippen LogP) is 0.966. The molecule has 1 amide bonds. The van der Waals surface area contributed by atoms with Crippen molar-refractivity contribution in [3.05, 3.63) is 34.1 Å². The predicted molar refractivity (Wildman–Crippen MR) is 72.3 cm³/mol. The number of nitrogens with zero attached hydrogens (tertiary/aromatic N) is 1. The Hall–Kier alpha value is -2.22. The Bertz CT molecular complexity index is 577. The van der Waals surface area contributed by atoms with E-state index in [1.165, 1.54) is 6.07 Å². The molecule has 0 aromatic heterocycles. The van der Waals surface area contributed by atoms with Crippen LogP contribution in [0.2, 0.25) is 0 Å². The molecule has 2 rings (SSSR count). The summed E-state index contributed by atoms with van der Waals surface area (Å²) < 4.78 is 19.1. The van der Waals surface area contributed by atoms with E-state index in [2.05, 4.69) is 5.32 Å². The first-order chi connectivity index (χ1) is 9.90. The molecular weight excluding hydrogens is 281 g/mol. The van der Waals surface area contributed by atoms with Crippen molar-refractivity contribution in [3.8, 4) is 5.75 Å². The first-order valence-electron chi connectivity index (χ1n) is 6.46. The molecule has 1 aliphatic carbocycles. The van der Waals surface area contributed by atoms with Crippen LogP contribution in [0.25, 0.3) is 0 Å². The van der Waals surface area contributed by atoms with E-state index in [0.29, 0.717) is 0 Å². The van der Waals surface area contributed by atoms with E-state index in [0.717, 1.165) is 25.0 Å². The number of hydrogen-bond acceptors (Lipinski definition) is 5. The molecule has 0 bridgehead atoms. The van der Waals surface area contributed by atoms with Crippen molar-refractivity contribution in [1.29, 1.82) is 0 Å². The smallest absolute Gasteiger partial charge is 0.272 e. The highest BCUT2D eigenvalue weighted by Gasteiger charge is 2.49. The summed E-state index contributed by atoms with van der Waals surface area (Å²) in [4.78, 5) is 21.5. The number of benzene rings is 1. The maximum absolute atomic E-state index is 13.7. The molecule has 7 nitrogen and oxygen atoms in total. The number of nitrogens with two attached hydrogens (primary N) is 1. The summed E-state index contributed by atoms with van der Waals surface area (Å²) in [5.74, 6) is -1.51. The second-order valence-electron chi connectivity index (χ2n) is 5.02. The monoisotopic (exact) mass is 297 g/mol. The number of primary amides is 1. The fourth-order valence-electron chi connectivity index (χ4n) is 2.28. The average Bonchev–Trinajstić information content (AvgIpc) is 3.25. The summed E-state index contributed by atoms with van der Waals surface area (Å²) in [5, 5.41) is 13.4. The lowest BCUT2D eigenvalue weighted by Gasteiger charge is -2.30. The lowest BCUT2D eigenvalue weighted by molar-refractivity contribution is -0.385. The zero-order valence-electron chi connectivity index (χ0n) is 11.5. The van der Waals surface area contributed by atoms with E-state index in [1.54, 1.807) is 7.05 Å². The minimum atomic E-state index is -1.05. The van der Waals surface area contributed by atoms with Crippen molar-refractivity contribution in [2.45, 2.75) is 18.4 Å². The minimum Gasteiger partial charge on any atom is -0.488 e. The summed E-state index contributed by atoms with van der Waals surface area (Å²) in [7, 11) is 1.60. The second-order valence-corrected chi connectivity index (χ2v) is 5.02. The average molecular weight is 297 g/mol. The van der Waals surface area contributed by atoms with Crippen LogP contribution in [0.1, 0.15) is 12.8 Å². The Morgan fingerprint density at radius 3 is 2.71 bits per heavy atom. The highest BCUT2D eigenvalue weighted by atomic mass is 19.1. The molecule has 1 aromatic carbocycles. The van der Waals surface area contributed by atoms with E-state index in [1.807, 2.05) is 0 Å². The van der Waals surface area contributed by atoms with Gasteiger partial charge in [0.05, 0.1) is 11.0 Å². The summed E-state index contributed by atoms with van der Waals surface area (Å²) in [6.45, 7) is -0.127. The van der Waals surface area contributed by atoms with Crippen LogP contribution >= 0.6 is 0 Å². The van der Waals surface area contributed by atoms with Crippen molar-refractivity contribution in [1.82, 2.24) is 5.32 Å². The van der Waals surface area contributed by atoms with Gasteiger partial charge in [-0.3, -0.25) is 14.9 Å². The van der Waals surface area contributed by atoms with Crippen molar-refractivity contribution in [3.63, 3.8) is 0 Å². The Morgan fingerprint density at radius 2 is 2.29 bits per heavy atom. The van der Waals surface area contributed by atoms with E-state index in [9.17, 15) is 19.3 Å². The Balaban J connectivity index is 2.14. The number of nitro groups is 1. The number of carbonyl (C=O) groups excluding carboxylic acids is 1. The van der Waals surface area contributed by atoms with Crippen LogP contribution in [-0.4, -0.2) is 30.0 Å². The van der Waals surface area contributed by atoms with Gasteiger partial charge in [0.15, 0.2) is 11.6 Å². The fraction of sp³-hybridized carbons (Fsp3) is 0.462. The van der Waals surface area contributed by atoms with Crippen molar-refractivity contribution in [2.75, 3.05) is 13.7 Å². The molecule has 3 N–H and O–H groups in total. The van der Waals surface area contributed by atoms with Crippen LogP contribution in [0.15, 0.2) is 18.2 Å². The molecule has 0 saturated heterocycles. The van der Waals surface area contributed by atoms with E-state index >= 15 is 0 Å². The third kappa shape index (κ3) is 2.94. The first-order valence-corrected chi connectivity index (χ1v) is 6.46. The van der Waals surface area contributed by atoms with Gasteiger partial charge in [-0.1, -0.05) is 0 Å². The minimum absolute atomic E-state index is 0.0566. The molecule has 1 fully saturated rings. The van der Waals surface area contributed by atoms with Gasteiger partial charge >= 0.3 is 0 Å². The van der Waals surface area contributed by atoms with Gasteiger partial charge in [-0.05, 0) is 31.9 Å². The summed E-state index contributed by atoms with van der Waals surface area (Å²) in [6.07, 6.45) is 1.69. The van der Waals surface area contributed by atoms with Gasteiger partial charge in [0, 0.05) is 6.07 Å². The maximum Gasteiger partial charge on any atom is 0.272 e. The second kappa shape index (κ2) is 5.65. The summed E-state index contributed by atoms with van der Waals surface area (Å²) in [5.41, 5.74) is 4.01. The number of ether oxygens (including phenoxy) is 1. The van der Waals surface area contributed by atoms with Crippen LogP contribution in [0.3, 0.4) is 0 Å². The number of likely N-dealkylation sites (N-methyl/N-ethyl adjacent to an activating group) is 1. The molecule has 1 aromatic rings. The molecule has 1 unspecified atom stereocenters. The van der Waals surface area contributed by atoms with Crippen LogP contribution < -0.4 is 15.8 Å². The van der Waals surface area contributed by atoms with Gasteiger partial charge in [-0.2, -0.15) is 0 Å². The summed E-state index contributed by atoms with van der Waals surface area (Å²) >= 11 is 0. The van der Waals surface area contributed by atoms with E-state index in [-0.39, 0.29) is 24.0 Å². The molecule has 1 atom stereocenters. The van der Waals surface area contributed by atoms with Crippen LogP contribution in [0.4, 0.5) is 10.1 Å². The molecule has 0 heterocycles. The summed E-state index contributed by atoms with van der Waals surface area (Å²) in [6, 6.07) is 3.08. The van der Waals surface area contributed by atoms with Gasteiger partial charge in [0.1, 0.15) is 12.1 Å². The number of carbonyl (C=O) groups is 1. The molecular formula is C13H16FN3O4. The molecule has 1 saturated carbocycles. The number of halogens is 1. The van der Waals surface area contributed by atoms with Crippen LogP contribution in [0, 0.1) is 21.8 Å². The van der Waals surface area contributed by atoms with E-state index in [4.69, 9.17) is 10.5 Å². The Labute approximate surface area is 120 Å². The van der Waals surface area contributed by atoms with Crippen molar-refractivity contribution < 1.29 is 18.8 Å². The van der Waals surface area contributed by atoms with Crippen molar-refractivity contribution >= 4 is 11.6 Å². The van der Waals surface area contributed by atoms with Crippen LogP contribution in [-0.2, 0) is 4.79 Å². The lowest BCUT2D eigenvalue weighted by atomic mass is 9.93. The number of rotatable bonds is 7. The largest absolute Gasteiger partial charge is 0.488 e. The highest BCUT2D eigenvalue weighted by Crippen LogP contribution is 2.40. The number of nitro benzene ring substituents is 1. The highest BCUT2D eigenvalue weighted by molar-refractivity contribution is 5.85.